The van der Waals surface area contributed by atoms with Gasteiger partial charge in [0.1, 0.15) is 11.6 Å². The van der Waals surface area contributed by atoms with E-state index in [0.717, 1.165) is 47.7 Å². The Kier molecular flexibility index (Phi) is 8.22. The predicted molar refractivity (Wildman–Crippen MR) is 146 cm³/mol. The Bertz CT molecular complexity index is 1150. The summed E-state index contributed by atoms with van der Waals surface area (Å²) >= 11 is 7.72. The Balaban J connectivity index is 0.00000324. The zero-order chi connectivity index (χ0) is 23.8. The Morgan fingerprint density at radius 2 is 2.09 bits per heavy atom. The second kappa shape index (κ2) is 10.6. The van der Waals surface area contributed by atoms with Gasteiger partial charge in [0.05, 0.1) is 23.1 Å². The van der Waals surface area contributed by atoms with E-state index in [1.807, 2.05) is 25.2 Å². The number of ether oxygens (including phenoxy) is 1. The molecule has 1 unspecified atom stereocenters. The summed E-state index contributed by atoms with van der Waals surface area (Å²) in [7, 11) is 3.42. The van der Waals surface area contributed by atoms with Crippen LogP contribution in [0.25, 0.3) is 0 Å². The van der Waals surface area contributed by atoms with Crippen molar-refractivity contribution in [1.29, 1.82) is 0 Å². The van der Waals surface area contributed by atoms with Gasteiger partial charge in [-0.3, -0.25) is 9.79 Å². The van der Waals surface area contributed by atoms with Crippen LogP contribution in [0.1, 0.15) is 50.3 Å². The van der Waals surface area contributed by atoms with Gasteiger partial charge in [-0.15, -0.1) is 12.4 Å². The van der Waals surface area contributed by atoms with Crippen molar-refractivity contribution in [2.45, 2.75) is 44.3 Å². The smallest absolute Gasteiger partial charge is 0.299 e. The van der Waals surface area contributed by atoms with E-state index in [-0.39, 0.29) is 28.3 Å². The van der Waals surface area contributed by atoms with Crippen molar-refractivity contribution in [1.82, 2.24) is 5.43 Å². The molecule has 6 nitrogen and oxygen atoms in total. The lowest BCUT2D eigenvalue weighted by molar-refractivity contribution is 0.260. The van der Waals surface area contributed by atoms with E-state index in [4.69, 9.17) is 16.3 Å². The van der Waals surface area contributed by atoms with Gasteiger partial charge in [0, 0.05) is 24.8 Å². The number of rotatable bonds is 4. The van der Waals surface area contributed by atoms with Crippen LogP contribution in [-0.2, 0) is 5.41 Å². The zero-order valence-corrected chi connectivity index (χ0v) is 22.4. The Labute approximate surface area is 216 Å². The summed E-state index contributed by atoms with van der Waals surface area (Å²) in [5.74, 6) is 1.51. The van der Waals surface area contributed by atoms with Crippen molar-refractivity contribution in [3.05, 3.63) is 58.1 Å². The number of nitrogens with one attached hydrogen (secondary N) is 1. The predicted octanol–water partition coefficient (Wildman–Crippen LogP) is 6.27. The fourth-order valence-electron chi connectivity index (χ4n) is 4.47. The summed E-state index contributed by atoms with van der Waals surface area (Å²) in [6.45, 7) is 7.48. The minimum absolute atomic E-state index is 0. The molecule has 0 saturated carbocycles. The van der Waals surface area contributed by atoms with E-state index in [1.165, 1.54) is 17.3 Å². The highest BCUT2D eigenvalue weighted by molar-refractivity contribution is 8.14. The number of thioether (sulfide) groups is 1. The number of carbonyl (C=O) groups is 1. The summed E-state index contributed by atoms with van der Waals surface area (Å²) < 4.78 is 5.31. The normalized spacial score (nSPS) is 19.5. The molecule has 0 radical (unpaired) electrons. The first-order valence-electron chi connectivity index (χ1n) is 11.1. The van der Waals surface area contributed by atoms with Gasteiger partial charge in [-0.25, -0.2) is 5.43 Å². The maximum absolute atomic E-state index is 11.8. The average molecular weight is 522 g/mol. The minimum atomic E-state index is -0.1000. The molecule has 1 atom stereocenters. The standard InChI is InChI=1S/C25H29ClN4O2S.ClH/c1-6-21-22(28-29-24(31)33-21)15-7-9-19-17(13-15)25(2,3)11-12-30(19)23(27-4)16-8-10-20(32-5)18(26)14-16;/h7-10,13-14,21H,6,11-12H2,1-5H3,(H,29,31);1H. The quantitative estimate of drug-likeness (QED) is 0.380. The average Bonchev–Trinajstić information content (AvgIpc) is 2.81. The molecule has 0 aromatic heterocycles. The fourth-order valence-corrected chi connectivity index (χ4v) is 5.55. The van der Waals surface area contributed by atoms with Gasteiger partial charge in [-0.2, -0.15) is 5.10 Å². The lowest BCUT2D eigenvalue weighted by atomic mass is 9.76. The third-order valence-electron chi connectivity index (χ3n) is 6.34. The first-order valence-corrected chi connectivity index (χ1v) is 12.3. The summed E-state index contributed by atoms with van der Waals surface area (Å²) in [4.78, 5) is 18.7. The number of aliphatic imine (C=N–C) groups is 1. The van der Waals surface area contributed by atoms with Crippen LogP contribution in [0.2, 0.25) is 5.02 Å². The number of fused-ring (bicyclic) bond motifs is 1. The summed E-state index contributed by atoms with van der Waals surface area (Å²) in [5, 5.41) is 4.92. The number of nitrogens with zero attached hydrogens (tertiary/aromatic N) is 3. The molecule has 2 aliphatic rings. The van der Waals surface area contributed by atoms with Crippen molar-refractivity contribution >= 4 is 58.2 Å². The van der Waals surface area contributed by atoms with Gasteiger partial charge in [0.15, 0.2) is 0 Å². The van der Waals surface area contributed by atoms with Crippen LogP contribution < -0.4 is 15.1 Å². The monoisotopic (exact) mass is 520 g/mol. The summed E-state index contributed by atoms with van der Waals surface area (Å²) in [6, 6.07) is 12.2. The number of benzene rings is 2. The second-order valence-electron chi connectivity index (χ2n) is 8.83. The number of amidine groups is 1. The highest BCUT2D eigenvalue weighted by atomic mass is 35.5. The molecular weight excluding hydrogens is 491 g/mol. The van der Waals surface area contributed by atoms with E-state index >= 15 is 0 Å². The molecule has 2 heterocycles. The molecule has 0 aliphatic carbocycles. The molecule has 0 bridgehead atoms. The van der Waals surface area contributed by atoms with E-state index in [1.54, 1.807) is 7.11 Å². The molecule has 9 heteroatoms. The summed E-state index contributed by atoms with van der Waals surface area (Å²) in [5.41, 5.74) is 7.90. The van der Waals surface area contributed by atoms with Gasteiger partial charge in [-0.05, 0) is 59.7 Å². The first kappa shape index (κ1) is 26.4. The third kappa shape index (κ3) is 4.92. The number of carbonyl (C=O) groups excluding carboxylic acids is 1. The molecule has 0 saturated heterocycles. The molecule has 2 aliphatic heterocycles. The largest absolute Gasteiger partial charge is 0.495 e. The van der Waals surface area contributed by atoms with Crippen molar-refractivity contribution in [2.24, 2.45) is 10.1 Å². The highest BCUT2D eigenvalue weighted by Crippen LogP contribution is 2.42. The zero-order valence-electron chi connectivity index (χ0n) is 20.0. The molecule has 2 aromatic carbocycles. The Hall–Kier alpha value is -2.22. The van der Waals surface area contributed by atoms with Gasteiger partial charge < -0.3 is 9.64 Å². The van der Waals surface area contributed by atoms with Crippen LogP contribution in [0.5, 0.6) is 5.75 Å². The van der Waals surface area contributed by atoms with Crippen LogP contribution in [-0.4, -0.2) is 42.7 Å². The van der Waals surface area contributed by atoms with E-state index in [9.17, 15) is 4.79 Å². The molecule has 0 spiro atoms. The molecule has 2 aromatic rings. The maximum atomic E-state index is 11.8. The summed E-state index contributed by atoms with van der Waals surface area (Å²) in [6.07, 6.45) is 1.82. The molecule has 0 fully saturated rings. The Morgan fingerprint density at radius 3 is 2.74 bits per heavy atom. The van der Waals surface area contributed by atoms with Crippen LogP contribution in [0, 0.1) is 0 Å². The van der Waals surface area contributed by atoms with Gasteiger partial charge >= 0.3 is 0 Å². The number of methoxy groups -OCH3 is 1. The number of hydrogen-bond donors (Lipinski definition) is 1. The van der Waals surface area contributed by atoms with E-state index < -0.39 is 0 Å². The lowest BCUT2D eigenvalue weighted by Crippen LogP contribution is -2.42. The van der Waals surface area contributed by atoms with E-state index in [2.05, 4.69) is 59.4 Å². The third-order valence-corrected chi connectivity index (χ3v) is 7.78. The highest BCUT2D eigenvalue weighted by Gasteiger charge is 2.35. The second-order valence-corrected chi connectivity index (χ2v) is 10.4. The van der Waals surface area contributed by atoms with Crippen LogP contribution in [0.3, 0.4) is 0 Å². The maximum Gasteiger partial charge on any atom is 0.299 e. The number of halogens is 2. The lowest BCUT2D eigenvalue weighted by Gasteiger charge is -2.41. The Morgan fingerprint density at radius 1 is 1.32 bits per heavy atom. The topological polar surface area (TPSA) is 66.3 Å². The van der Waals surface area contributed by atoms with Crippen molar-refractivity contribution < 1.29 is 9.53 Å². The fraction of sp³-hybridized carbons (Fsp3) is 0.400. The van der Waals surface area contributed by atoms with Crippen LogP contribution >= 0.6 is 35.8 Å². The number of anilines is 1. The number of hydrazone groups is 1. The number of amides is 1. The molecule has 1 amide bonds. The molecule has 4 rings (SSSR count). The van der Waals surface area contributed by atoms with Crippen LogP contribution in [0.15, 0.2) is 46.5 Å². The number of hydrogen-bond acceptors (Lipinski definition) is 5. The van der Waals surface area contributed by atoms with Crippen molar-refractivity contribution in [2.75, 3.05) is 25.6 Å². The molecule has 182 valence electrons. The van der Waals surface area contributed by atoms with Gasteiger partial charge in [0.25, 0.3) is 5.24 Å². The van der Waals surface area contributed by atoms with Crippen molar-refractivity contribution in [3.63, 3.8) is 0 Å². The minimum Gasteiger partial charge on any atom is -0.495 e. The first-order chi connectivity index (χ1) is 15.8. The SMILES string of the molecule is CCC1SC(=O)NN=C1c1ccc2c(c1)C(C)(C)CCN2C(=NC)c1ccc(OC)c(Cl)c1.Cl. The van der Waals surface area contributed by atoms with Crippen LogP contribution in [0.4, 0.5) is 10.5 Å². The molecule has 1 N–H and O–H groups in total. The van der Waals surface area contributed by atoms with Gasteiger partial charge in [-0.1, -0.05) is 50.2 Å². The van der Waals surface area contributed by atoms with Crippen molar-refractivity contribution in [3.8, 4) is 5.75 Å². The van der Waals surface area contributed by atoms with E-state index in [0.29, 0.717) is 10.8 Å². The molecule has 34 heavy (non-hydrogen) atoms. The van der Waals surface area contributed by atoms with Gasteiger partial charge in [0.2, 0.25) is 0 Å². The molecular formula is C25H30Cl2N4O2S.